The average molecular weight is 384 g/mol. The highest BCUT2D eigenvalue weighted by Gasteiger charge is 2.19. The van der Waals surface area contributed by atoms with Crippen LogP contribution in [0, 0.1) is 13.8 Å². The van der Waals surface area contributed by atoms with E-state index in [1.54, 1.807) is 6.20 Å². The summed E-state index contributed by atoms with van der Waals surface area (Å²) in [5.74, 6) is -0.00952. The van der Waals surface area contributed by atoms with Gasteiger partial charge in [0.1, 0.15) is 0 Å². The molecule has 0 unspecified atom stereocenters. The molecule has 0 aliphatic heterocycles. The summed E-state index contributed by atoms with van der Waals surface area (Å²) in [5.41, 5.74) is 6.31. The second-order valence-corrected chi connectivity index (χ2v) is 7.28. The van der Waals surface area contributed by atoms with Gasteiger partial charge in [-0.3, -0.25) is 4.98 Å². The molecule has 5 nitrogen and oxygen atoms in total. The van der Waals surface area contributed by atoms with E-state index in [4.69, 9.17) is 0 Å². The molecule has 4 rings (SSSR count). The van der Waals surface area contributed by atoms with Crippen molar-refractivity contribution in [2.45, 2.75) is 19.8 Å². The molecule has 0 saturated heterocycles. The highest BCUT2D eigenvalue weighted by Crippen LogP contribution is 2.30. The number of carbonyl (C=O) groups is 1. The number of H-pyrrole nitrogens is 1. The topological polar surface area (TPSA) is 69.8 Å². The van der Waals surface area contributed by atoms with E-state index in [2.05, 4.69) is 38.8 Å². The van der Waals surface area contributed by atoms with Crippen LogP contribution < -0.4 is 10.6 Å². The molecule has 2 aromatic carbocycles. The number of fused-ring (bicyclic) bond motifs is 1. The van der Waals surface area contributed by atoms with E-state index in [0.717, 1.165) is 33.3 Å². The molecule has 4 aromatic rings. The zero-order valence-corrected chi connectivity index (χ0v) is 16.6. The minimum atomic E-state index is -0.217. The van der Waals surface area contributed by atoms with E-state index in [1.165, 1.54) is 5.56 Å². The Labute approximate surface area is 170 Å². The van der Waals surface area contributed by atoms with Crippen LogP contribution in [0.1, 0.15) is 28.2 Å². The van der Waals surface area contributed by atoms with Crippen LogP contribution in [0.15, 0.2) is 73.2 Å². The van der Waals surface area contributed by atoms with E-state index in [0.29, 0.717) is 6.54 Å². The van der Waals surface area contributed by atoms with Crippen molar-refractivity contribution >= 4 is 22.6 Å². The van der Waals surface area contributed by atoms with Gasteiger partial charge in [-0.2, -0.15) is 0 Å². The van der Waals surface area contributed by atoms with E-state index in [1.807, 2.05) is 62.6 Å². The zero-order chi connectivity index (χ0) is 20.2. The largest absolute Gasteiger partial charge is 0.361 e. The summed E-state index contributed by atoms with van der Waals surface area (Å²) in [5, 5.41) is 7.14. The third-order valence-electron chi connectivity index (χ3n) is 5.18. The van der Waals surface area contributed by atoms with Gasteiger partial charge in [-0.15, -0.1) is 0 Å². The maximum Gasteiger partial charge on any atom is 0.319 e. The number of aromatic nitrogens is 2. The van der Waals surface area contributed by atoms with Gasteiger partial charge >= 0.3 is 6.03 Å². The first-order valence-electron chi connectivity index (χ1n) is 9.70. The second-order valence-electron chi connectivity index (χ2n) is 7.28. The first-order valence-corrected chi connectivity index (χ1v) is 9.70. The second kappa shape index (κ2) is 8.19. The number of para-hydroxylation sites is 1. The third kappa shape index (κ3) is 4.14. The lowest BCUT2D eigenvalue weighted by Crippen LogP contribution is -2.33. The Hall–Kier alpha value is -3.60. The van der Waals surface area contributed by atoms with Crippen LogP contribution >= 0.6 is 0 Å². The van der Waals surface area contributed by atoms with Crippen LogP contribution in [0.5, 0.6) is 0 Å². The predicted molar refractivity (Wildman–Crippen MR) is 117 cm³/mol. The maximum absolute atomic E-state index is 12.6. The van der Waals surface area contributed by atoms with Gasteiger partial charge in [0.2, 0.25) is 0 Å². The number of anilines is 1. The summed E-state index contributed by atoms with van der Waals surface area (Å²) in [6, 6.07) is 17.9. The molecule has 0 bridgehead atoms. The lowest BCUT2D eigenvalue weighted by atomic mass is 9.92. The molecule has 0 aliphatic rings. The van der Waals surface area contributed by atoms with Gasteiger partial charge in [0.15, 0.2) is 0 Å². The van der Waals surface area contributed by atoms with Crippen molar-refractivity contribution in [1.29, 1.82) is 0 Å². The van der Waals surface area contributed by atoms with Crippen molar-refractivity contribution in [2.75, 3.05) is 11.9 Å². The van der Waals surface area contributed by atoms with Crippen LogP contribution in [0.4, 0.5) is 10.5 Å². The van der Waals surface area contributed by atoms with Crippen LogP contribution in [0.3, 0.4) is 0 Å². The number of urea groups is 1. The lowest BCUT2D eigenvalue weighted by Gasteiger charge is -2.18. The van der Waals surface area contributed by atoms with Crippen LogP contribution in [0.2, 0.25) is 0 Å². The zero-order valence-electron chi connectivity index (χ0n) is 16.6. The summed E-state index contributed by atoms with van der Waals surface area (Å²) in [6.07, 6.45) is 5.64. The van der Waals surface area contributed by atoms with Gasteiger partial charge in [0.25, 0.3) is 0 Å². The Kier molecular flexibility index (Phi) is 5.29. The molecule has 0 saturated carbocycles. The summed E-state index contributed by atoms with van der Waals surface area (Å²) in [6.45, 7) is 4.49. The van der Waals surface area contributed by atoms with E-state index in [-0.39, 0.29) is 11.9 Å². The third-order valence-corrected chi connectivity index (χ3v) is 5.18. The number of pyridine rings is 1. The molecule has 146 valence electrons. The number of nitrogens with one attached hydrogen (secondary N) is 3. The molecule has 0 radical (unpaired) electrons. The van der Waals surface area contributed by atoms with Crippen molar-refractivity contribution in [2.24, 2.45) is 0 Å². The van der Waals surface area contributed by atoms with Gasteiger partial charge in [0, 0.05) is 47.6 Å². The normalized spacial score (nSPS) is 11.9. The maximum atomic E-state index is 12.6. The summed E-state index contributed by atoms with van der Waals surface area (Å²) in [7, 11) is 0. The highest BCUT2D eigenvalue weighted by molar-refractivity contribution is 5.90. The predicted octanol–water partition coefficient (Wildman–Crippen LogP) is 5.13. The van der Waals surface area contributed by atoms with Crippen molar-refractivity contribution < 1.29 is 4.79 Å². The van der Waals surface area contributed by atoms with Gasteiger partial charge in [0.05, 0.1) is 0 Å². The van der Waals surface area contributed by atoms with Crippen molar-refractivity contribution in [3.63, 3.8) is 0 Å². The van der Waals surface area contributed by atoms with Gasteiger partial charge in [-0.05, 0) is 48.7 Å². The number of hydrogen-bond acceptors (Lipinski definition) is 2. The van der Waals surface area contributed by atoms with Crippen molar-refractivity contribution in [3.8, 4) is 0 Å². The Balaban J connectivity index is 1.55. The van der Waals surface area contributed by atoms with Gasteiger partial charge in [-0.1, -0.05) is 42.0 Å². The number of amides is 2. The van der Waals surface area contributed by atoms with Crippen LogP contribution in [-0.2, 0) is 0 Å². The highest BCUT2D eigenvalue weighted by atomic mass is 16.2. The Bertz CT molecular complexity index is 1130. The summed E-state index contributed by atoms with van der Waals surface area (Å²) < 4.78 is 0. The van der Waals surface area contributed by atoms with Crippen LogP contribution in [0.25, 0.3) is 10.9 Å². The number of nitrogens with zero attached hydrogens (tertiary/aromatic N) is 1. The molecule has 2 aromatic heterocycles. The Morgan fingerprint density at radius 2 is 1.97 bits per heavy atom. The molecular formula is C24H24N4O. The van der Waals surface area contributed by atoms with Crippen molar-refractivity contribution in [3.05, 3.63) is 95.4 Å². The number of aromatic amines is 1. The molecule has 5 heteroatoms. The molecule has 1 atom stereocenters. The minimum Gasteiger partial charge on any atom is -0.361 e. The first kappa shape index (κ1) is 18.7. The molecule has 2 heterocycles. The molecular weight excluding hydrogens is 360 g/mol. The molecule has 2 amide bonds. The quantitative estimate of drug-likeness (QED) is 0.446. The number of aryl methyl sites for hydroxylation is 2. The minimum absolute atomic E-state index is 0.00952. The first-order chi connectivity index (χ1) is 14.1. The number of carbonyl (C=O) groups excluding carboxylic acids is 1. The Morgan fingerprint density at radius 1 is 1.10 bits per heavy atom. The molecule has 0 aliphatic carbocycles. The van der Waals surface area contributed by atoms with E-state index >= 15 is 0 Å². The van der Waals surface area contributed by atoms with Gasteiger partial charge in [-0.25, -0.2) is 4.79 Å². The summed E-state index contributed by atoms with van der Waals surface area (Å²) >= 11 is 0. The van der Waals surface area contributed by atoms with Gasteiger partial charge < -0.3 is 15.6 Å². The molecule has 29 heavy (non-hydrogen) atoms. The monoisotopic (exact) mass is 384 g/mol. The molecule has 0 fully saturated rings. The molecule has 0 spiro atoms. The Morgan fingerprint density at radius 3 is 2.76 bits per heavy atom. The average Bonchev–Trinajstić information content (AvgIpc) is 3.15. The fourth-order valence-corrected chi connectivity index (χ4v) is 3.69. The lowest BCUT2D eigenvalue weighted by molar-refractivity contribution is 0.252. The number of rotatable bonds is 5. The molecule has 3 N–H and O–H groups in total. The smallest absolute Gasteiger partial charge is 0.319 e. The fraction of sp³-hybridized carbons (Fsp3) is 0.167. The van der Waals surface area contributed by atoms with Crippen LogP contribution in [-0.4, -0.2) is 22.5 Å². The van der Waals surface area contributed by atoms with Crippen molar-refractivity contribution in [1.82, 2.24) is 15.3 Å². The number of hydrogen-bond donors (Lipinski definition) is 3. The SMILES string of the molecule is Cc1ccc(NC(=O)NC[C@@H](c2cccnc2)c2c[nH]c3ccccc23)c(C)c1. The fourth-order valence-electron chi connectivity index (χ4n) is 3.69. The summed E-state index contributed by atoms with van der Waals surface area (Å²) in [4.78, 5) is 20.2. The standard InChI is InChI=1S/C24H24N4O/c1-16-9-10-22(17(2)12-16)28-24(29)27-14-20(18-6-5-11-25-13-18)21-15-26-23-8-4-3-7-19(21)23/h3-13,15,20,26H,14H2,1-2H3,(H2,27,28,29)/t20-/m0/s1. The van der Waals surface area contributed by atoms with E-state index < -0.39 is 0 Å². The van der Waals surface area contributed by atoms with E-state index in [9.17, 15) is 4.79 Å². The number of benzene rings is 2.